The van der Waals surface area contributed by atoms with Crippen LogP contribution in [-0.2, 0) is 9.31 Å². The van der Waals surface area contributed by atoms with Gasteiger partial charge in [-0.3, -0.25) is 4.79 Å². The minimum absolute atomic E-state index is 0.0777. The molecule has 0 radical (unpaired) electrons. The van der Waals surface area contributed by atoms with Gasteiger partial charge in [-0.05, 0) is 65.1 Å². The normalized spacial score (nSPS) is 22.3. The third kappa shape index (κ3) is 3.04. The molecule has 5 heteroatoms. The molecule has 0 unspecified atom stereocenters. The van der Waals surface area contributed by atoms with Gasteiger partial charge in [0, 0.05) is 18.7 Å². The lowest BCUT2D eigenvalue weighted by Crippen LogP contribution is -2.41. The zero-order chi connectivity index (χ0) is 17.0. The molecule has 1 aromatic carbocycles. The topological polar surface area (TPSA) is 38.8 Å². The van der Waals surface area contributed by atoms with E-state index in [9.17, 15) is 4.79 Å². The number of hydrogen-bond donors (Lipinski definition) is 0. The van der Waals surface area contributed by atoms with Crippen molar-refractivity contribution in [3.63, 3.8) is 0 Å². The van der Waals surface area contributed by atoms with Gasteiger partial charge in [-0.15, -0.1) is 0 Å². The van der Waals surface area contributed by atoms with Gasteiger partial charge in [0.2, 0.25) is 0 Å². The number of hydrogen-bond acceptors (Lipinski definition) is 3. The number of aryl methyl sites for hydroxylation is 1. The van der Waals surface area contributed by atoms with E-state index in [1.807, 2.05) is 64.8 Å². The quantitative estimate of drug-likeness (QED) is 0.805. The summed E-state index contributed by atoms with van der Waals surface area (Å²) in [5.41, 5.74) is 1.91. The fourth-order valence-electron chi connectivity index (χ4n) is 2.88. The fourth-order valence-corrected chi connectivity index (χ4v) is 2.88. The molecule has 23 heavy (non-hydrogen) atoms. The third-order valence-electron chi connectivity index (χ3n) is 5.29. The highest BCUT2D eigenvalue weighted by Crippen LogP contribution is 2.36. The molecule has 0 aromatic heterocycles. The summed E-state index contributed by atoms with van der Waals surface area (Å²) in [5.74, 6) is 0.0777. The zero-order valence-electron chi connectivity index (χ0n) is 15.0. The smallest absolute Gasteiger partial charge is 0.399 e. The lowest BCUT2D eigenvalue weighted by Gasteiger charge is -2.32. The van der Waals surface area contributed by atoms with Gasteiger partial charge in [-0.1, -0.05) is 11.6 Å². The van der Waals surface area contributed by atoms with E-state index in [0.717, 1.165) is 23.9 Å². The summed E-state index contributed by atoms with van der Waals surface area (Å²) in [6, 6.07) is 6.30. The van der Waals surface area contributed by atoms with Crippen LogP contribution in [0.3, 0.4) is 0 Å². The number of benzene rings is 1. The van der Waals surface area contributed by atoms with E-state index in [0.29, 0.717) is 11.6 Å². The molecule has 0 spiro atoms. The predicted molar refractivity (Wildman–Crippen MR) is 92.0 cm³/mol. The van der Waals surface area contributed by atoms with Crippen molar-refractivity contribution in [3.8, 4) is 0 Å². The lowest BCUT2D eigenvalue weighted by atomic mass is 9.77. The van der Waals surface area contributed by atoms with Gasteiger partial charge < -0.3 is 14.2 Å². The van der Waals surface area contributed by atoms with Crippen LogP contribution in [0, 0.1) is 6.92 Å². The van der Waals surface area contributed by atoms with Gasteiger partial charge in [-0.25, -0.2) is 0 Å². The average Bonchev–Trinajstić information content (AvgIpc) is 3.25. The molecule has 1 heterocycles. The maximum absolute atomic E-state index is 12.6. The second-order valence-electron chi connectivity index (χ2n) is 7.87. The van der Waals surface area contributed by atoms with Crippen LogP contribution in [0.5, 0.6) is 0 Å². The molecular weight excluding hydrogens is 289 g/mol. The van der Waals surface area contributed by atoms with Crippen molar-refractivity contribution in [2.45, 2.75) is 64.7 Å². The molecule has 1 saturated heterocycles. The van der Waals surface area contributed by atoms with Gasteiger partial charge in [0.1, 0.15) is 0 Å². The monoisotopic (exact) mass is 315 g/mol. The Morgan fingerprint density at radius 1 is 1.13 bits per heavy atom. The molecule has 1 aromatic rings. The Morgan fingerprint density at radius 2 is 1.70 bits per heavy atom. The molecule has 0 bridgehead atoms. The van der Waals surface area contributed by atoms with Crippen molar-refractivity contribution in [1.29, 1.82) is 0 Å². The highest BCUT2D eigenvalue weighted by Gasteiger charge is 2.51. The van der Waals surface area contributed by atoms with E-state index in [2.05, 4.69) is 0 Å². The zero-order valence-corrected chi connectivity index (χ0v) is 15.0. The summed E-state index contributed by atoms with van der Waals surface area (Å²) in [7, 11) is 1.45. The number of amides is 1. The van der Waals surface area contributed by atoms with Crippen LogP contribution in [0.4, 0.5) is 0 Å². The summed E-state index contributed by atoms with van der Waals surface area (Å²) >= 11 is 0. The Bertz CT molecular complexity index is 621. The van der Waals surface area contributed by atoms with Crippen LogP contribution < -0.4 is 5.46 Å². The van der Waals surface area contributed by atoms with Crippen molar-refractivity contribution in [1.82, 2.24) is 4.90 Å². The Balaban J connectivity index is 1.88. The predicted octanol–water partition coefficient (Wildman–Crippen LogP) is 2.53. The standard InChI is InChI=1S/C18H26BNO3/c1-12-9-13(16(21)20(6)15-7-8-15)11-14(10-12)19-22-17(2,3)18(4,5)23-19/h9-11,15H,7-8H2,1-6H3. The molecule has 1 amide bonds. The van der Waals surface area contributed by atoms with Crippen molar-refractivity contribution in [3.05, 3.63) is 29.3 Å². The molecular formula is C18H26BNO3. The average molecular weight is 315 g/mol. The van der Waals surface area contributed by atoms with E-state index in [-0.39, 0.29) is 17.1 Å². The summed E-state index contributed by atoms with van der Waals surface area (Å²) in [6.07, 6.45) is 2.22. The molecule has 0 atom stereocenters. The van der Waals surface area contributed by atoms with Gasteiger partial charge in [0.15, 0.2) is 0 Å². The van der Waals surface area contributed by atoms with Crippen LogP contribution in [0.2, 0.25) is 0 Å². The fraction of sp³-hybridized carbons (Fsp3) is 0.611. The summed E-state index contributed by atoms with van der Waals surface area (Å²) in [5, 5.41) is 0. The Morgan fingerprint density at radius 3 is 2.22 bits per heavy atom. The highest BCUT2D eigenvalue weighted by molar-refractivity contribution is 6.62. The molecule has 124 valence electrons. The Hall–Kier alpha value is -1.33. The summed E-state index contributed by atoms with van der Waals surface area (Å²) < 4.78 is 12.2. The SMILES string of the molecule is Cc1cc(B2OC(C)(C)C(C)(C)O2)cc(C(=O)N(C)C2CC2)c1. The van der Waals surface area contributed by atoms with Crippen LogP contribution in [0.1, 0.15) is 56.5 Å². The highest BCUT2D eigenvalue weighted by atomic mass is 16.7. The number of carbonyl (C=O) groups excluding carboxylic acids is 1. The van der Waals surface area contributed by atoms with E-state index in [4.69, 9.17) is 9.31 Å². The molecule has 3 rings (SSSR count). The maximum Gasteiger partial charge on any atom is 0.494 e. The van der Waals surface area contributed by atoms with Crippen LogP contribution in [0.25, 0.3) is 0 Å². The first-order valence-electron chi connectivity index (χ1n) is 8.35. The first kappa shape index (κ1) is 16.5. The number of nitrogens with zero attached hydrogens (tertiary/aromatic N) is 1. The molecule has 1 saturated carbocycles. The van der Waals surface area contributed by atoms with E-state index >= 15 is 0 Å². The van der Waals surface area contributed by atoms with E-state index in [1.165, 1.54) is 0 Å². The minimum Gasteiger partial charge on any atom is -0.399 e. The first-order chi connectivity index (χ1) is 10.6. The Kier molecular flexibility index (Phi) is 3.85. The number of rotatable bonds is 3. The van der Waals surface area contributed by atoms with Crippen molar-refractivity contribution < 1.29 is 14.1 Å². The van der Waals surface area contributed by atoms with Crippen LogP contribution >= 0.6 is 0 Å². The molecule has 0 N–H and O–H groups in total. The molecule has 2 aliphatic rings. The molecule has 4 nitrogen and oxygen atoms in total. The van der Waals surface area contributed by atoms with Crippen molar-refractivity contribution >= 4 is 18.5 Å². The van der Waals surface area contributed by atoms with Gasteiger partial charge in [0.25, 0.3) is 5.91 Å². The largest absolute Gasteiger partial charge is 0.494 e. The van der Waals surface area contributed by atoms with Crippen molar-refractivity contribution in [2.75, 3.05) is 7.05 Å². The minimum atomic E-state index is -0.433. The lowest BCUT2D eigenvalue weighted by molar-refractivity contribution is 0.00578. The van der Waals surface area contributed by atoms with Gasteiger partial charge in [-0.2, -0.15) is 0 Å². The van der Waals surface area contributed by atoms with Crippen LogP contribution in [-0.4, -0.2) is 42.2 Å². The summed E-state index contributed by atoms with van der Waals surface area (Å²) in [6.45, 7) is 10.2. The molecule has 1 aliphatic carbocycles. The maximum atomic E-state index is 12.6. The van der Waals surface area contributed by atoms with Crippen molar-refractivity contribution in [2.24, 2.45) is 0 Å². The van der Waals surface area contributed by atoms with E-state index in [1.54, 1.807) is 0 Å². The number of carbonyl (C=O) groups is 1. The second kappa shape index (κ2) is 5.35. The van der Waals surface area contributed by atoms with Gasteiger partial charge in [0.05, 0.1) is 11.2 Å². The Labute approximate surface area is 139 Å². The third-order valence-corrected chi connectivity index (χ3v) is 5.29. The molecule has 2 fully saturated rings. The molecule has 1 aliphatic heterocycles. The first-order valence-corrected chi connectivity index (χ1v) is 8.35. The van der Waals surface area contributed by atoms with Gasteiger partial charge >= 0.3 is 7.12 Å². The van der Waals surface area contributed by atoms with E-state index < -0.39 is 7.12 Å². The second-order valence-corrected chi connectivity index (χ2v) is 7.87. The van der Waals surface area contributed by atoms with Crippen LogP contribution in [0.15, 0.2) is 18.2 Å². The summed E-state index contributed by atoms with van der Waals surface area (Å²) in [4.78, 5) is 14.5.